The fraction of sp³-hybridized carbons (Fsp3) is 0.120. The summed E-state index contributed by atoms with van der Waals surface area (Å²) in [6.07, 6.45) is 1.82. The van der Waals surface area contributed by atoms with Crippen LogP contribution >= 0.6 is 11.8 Å². The summed E-state index contributed by atoms with van der Waals surface area (Å²) in [6, 6.07) is 64.0. The molecule has 2 aliphatic rings. The van der Waals surface area contributed by atoms with E-state index in [1.165, 1.54) is 87.0 Å². The van der Waals surface area contributed by atoms with Crippen molar-refractivity contribution in [1.29, 1.82) is 0 Å². The Labute approximate surface area is 304 Å². The van der Waals surface area contributed by atoms with Crippen molar-refractivity contribution in [3.05, 3.63) is 203 Å². The zero-order valence-corrected chi connectivity index (χ0v) is 29.8. The van der Waals surface area contributed by atoms with Crippen LogP contribution in [0.2, 0.25) is 0 Å². The topological polar surface area (TPSA) is 0 Å². The molecule has 1 aliphatic carbocycles. The molecule has 0 amide bonds. The molecule has 1 heterocycles. The summed E-state index contributed by atoms with van der Waals surface area (Å²) < 4.78 is 0. The van der Waals surface area contributed by atoms with E-state index in [9.17, 15) is 0 Å². The second-order valence-electron chi connectivity index (χ2n) is 15.0. The van der Waals surface area contributed by atoms with Crippen molar-refractivity contribution in [2.75, 3.05) is 0 Å². The minimum absolute atomic E-state index is 0.0168. The van der Waals surface area contributed by atoms with Crippen molar-refractivity contribution < 1.29 is 0 Å². The molecule has 0 spiro atoms. The lowest BCUT2D eigenvalue weighted by atomic mass is 9.64. The first kappa shape index (κ1) is 30.5. The zero-order chi connectivity index (χ0) is 34.2. The van der Waals surface area contributed by atoms with Gasteiger partial charge in [0, 0.05) is 20.6 Å². The molecule has 10 rings (SSSR count). The molecule has 0 atom stereocenters. The molecule has 8 aromatic rings. The predicted octanol–water partition coefficient (Wildman–Crippen LogP) is 13.2. The first-order valence-electron chi connectivity index (χ1n) is 18.1. The van der Waals surface area contributed by atoms with Crippen molar-refractivity contribution in [3.63, 3.8) is 0 Å². The van der Waals surface area contributed by atoms with Gasteiger partial charge in [0.15, 0.2) is 0 Å². The highest BCUT2D eigenvalue weighted by Crippen LogP contribution is 2.56. The average Bonchev–Trinajstić information content (AvgIpc) is 3.40. The molecule has 0 bridgehead atoms. The predicted molar refractivity (Wildman–Crippen MR) is 216 cm³/mol. The van der Waals surface area contributed by atoms with Crippen LogP contribution in [-0.4, -0.2) is 0 Å². The fourth-order valence-electron chi connectivity index (χ4n) is 9.31. The summed E-state index contributed by atoms with van der Waals surface area (Å²) in [5.74, 6) is 0. The largest absolute Gasteiger partial charge is 0.0894 e. The molecule has 0 saturated carbocycles. The molecule has 1 heteroatoms. The summed E-state index contributed by atoms with van der Waals surface area (Å²) in [6.45, 7) is 4.73. The van der Waals surface area contributed by atoms with Crippen LogP contribution in [-0.2, 0) is 23.7 Å². The number of hydrogen-bond donors (Lipinski definition) is 0. The van der Waals surface area contributed by atoms with E-state index >= 15 is 0 Å². The normalized spacial score (nSPS) is 14.9. The van der Waals surface area contributed by atoms with Gasteiger partial charge in [0.2, 0.25) is 0 Å². The molecule has 244 valence electrons. The van der Waals surface area contributed by atoms with Crippen LogP contribution in [0.4, 0.5) is 0 Å². The Kier molecular flexibility index (Phi) is 6.92. The Bertz CT molecular complexity index is 2540. The summed E-state index contributed by atoms with van der Waals surface area (Å²) in [5, 5.41) is 5.32. The minimum atomic E-state index is -0.288. The highest BCUT2D eigenvalue weighted by molar-refractivity contribution is 7.99. The van der Waals surface area contributed by atoms with E-state index in [1.54, 1.807) is 0 Å². The molecule has 0 aromatic heterocycles. The smallest absolute Gasteiger partial charge is 0.0318 e. The molecule has 0 nitrogen and oxygen atoms in total. The van der Waals surface area contributed by atoms with Crippen molar-refractivity contribution in [2.24, 2.45) is 0 Å². The van der Waals surface area contributed by atoms with Gasteiger partial charge in [0.25, 0.3) is 0 Å². The Morgan fingerprint density at radius 1 is 0.431 bits per heavy atom. The van der Waals surface area contributed by atoms with Crippen molar-refractivity contribution >= 4 is 33.3 Å². The molecular weight excluding hydrogens is 633 g/mol. The second-order valence-corrected chi connectivity index (χ2v) is 16.1. The van der Waals surface area contributed by atoms with Gasteiger partial charge in [0.05, 0.1) is 0 Å². The average molecular weight is 671 g/mol. The van der Waals surface area contributed by atoms with Crippen LogP contribution in [0.25, 0.3) is 43.8 Å². The molecule has 0 unspecified atom stereocenters. The number of benzene rings is 8. The van der Waals surface area contributed by atoms with Gasteiger partial charge in [-0.25, -0.2) is 0 Å². The van der Waals surface area contributed by atoms with Crippen LogP contribution in [0.15, 0.2) is 180 Å². The third kappa shape index (κ3) is 4.75. The Balaban J connectivity index is 1.15. The first-order valence-corrected chi connectivity index (χ1v) is 18.9. The van der Waals surface area contributed by atoms with Gasteiger partial charge in [0.1, 0.15) is 0 Å². The van der Waals surface area contributed by atoms with Gasteiger partial charge in [-0.2, -0.15) is 0 Å². The number of rotatable bonds is 5. The van der Waals surface area contributed by atoms with Crippen molar-refractivity contribution in [1.82, 2.24) is 0 Å². The molecule has 1 aliphatic heterocycles. The maximum Gasteiger partial charge on any atom is 0.0318 e. The fourth-order valence-corrected chi connectivity index (χ4v) is 10.6. The quantitative estimate of drug-likeness (QED) is 0.176. The molecule has 0 fully saturated rings. The van der Waals surface area contributed by atoms with Crippen LogP contribution in [0.3, 0.4) is 0 Å². The van der Waals surface area contributed by atoms with Crippen LogP contribution in [0.5, 0.6) is 0 Å². The zero-order valence-electron chi connectivity index (χ0n) is 29.0. The van der Waals surface area contributed by atoms with E-state index in [2.05, 4.69) is 184 Å². The standard InChI is InChI=1S/C50H38S/c1-49(2)43-19-11-10-18-41(43)42-27-24-38(30-44(42)49)35-22-20-34(21-23-35)32-50(31-33-12-4-3-5-13-33)47-39-16-8-6-14-36(39)25-28-45(47)51-46-29-26-37-15-7-9-17-40(37)48(46)50/h3-30H,31-32H2,1-2H3. The molecule has 8 aromatic carbocycles. The third-order valence-electron chi connectivity index (χ3n) is 11.7. The van der Waals surface area contributed by atoms with Gasteiger partial charge in [-0.05, 0) is 108 Å². The van der Waals surface area contributed by atoms with Crippen molar-refractivity contribution in [2.45, 2.75) is 47.3 Å². The summed E-state index contributed by atoms with van der Waals surface area (Å²) in [7, 11) is 0. The lowest BCUT2D eigenvalue weighted by molar-refractivity contribution is 0.494. The summed E-state index contributed by atoms with van der Waals surface area (Å²) >= 11 is 1.94. The third-order valence-corrected chi connectivity index (χ3v) is 12.8. The van der Waals surface area contributed by atoms with Crippen molar-refractivity contribution in [3.8, 4) is 22.3 Å². The van der Waals surface area contributed by atoms with E-state index in [1.807, 2.05) is 11.8 Å². The Hall–Kier alpha value is -5.37. The Morgan fingerprint density at radius 2 is 0.961 bits per heavy atom. The maximum absolute atomic E-state index is 2.43. The highest BCUT2D eigenvalue weighted by atomic mass is 32.2. The number of hydrogen-bond acceptors (Lipinski definition) is 1. The molecular formula is C50H38S. The minimum Gasteiger partial charge on any atom is -0.0894 e. The highest BCUT2D eigenvalue weighted by Gasteiger charge is 2.44. The second kappa shape index (κ2) is 11.6. The Morgan fingerprint density at radius 3 is 1.63 bits per heavy atom. The van der Waals surface area contributed by atoms with E-state index in [4.69, 9.17) is 0 Å². The molecule has 0 N–H and O–H groups in total. The lowest BCUT2D eigenvalue weighted by Crippen LogP contribution is -2.36. The van der Waals surface area contributed by atoms with E-state index in [-0.39, 0.29) is 10.8 Å². The lowest BCUT2D eigenvalue weighted by Gasteiger charge is -2.43. The summed E-state index contributed by atoms with van der Waals surface area (Å²) in [4.78, 5) is 2.73. The SMILES string of the molecule is CC1(C)c2ccccc2-c2ccc(-c3ccc(CC4(Cc5ccccc5)c5c(ccc6ccccc56)Sc5ccc6ccccc6c54)cc3)cc21. The molecule has 51 heavy (non-hydrogen) atoms. The van der Waals surface area contributed by atoms with Gasteiger partial charge in [-0.1, -0.05) is 177 Å². The molecule has 0 saturated heterocycles. The first-order chi connectivity index (χ1) is 25.0. The van der Waals surface area contributed by atoms with Gasteiger partial charge in [-0.3, -0.25) is 0 Å². The summed E-state index contributed by atoms with van der Waals surface area (Å²) in [5.41, 5.74) is 13.4. The van der Waals surface area contributed by atoms with Crippen LogP contribution < -0.4 is 0 Å². The molecule has 0 radical (unpaired) electrons. The maximum atomic E-state index is 2.43. The van der Waals surface area contributed by atoms with Crippen LogP contribution in [0, 0.1) is 0 Å². The van der Waals surface area contributed by atoms with Gasteiger partial charge in [-0.15, -0.1) is 0 Å². The van der Waals surface area contributed by atoms with E-state index in [0.29, 0.717) is 0 Å². The van der Waals surface area contributed by atoms with Gasteiger partial charge >= 0.3 is 0 Å². The van der Waals surface area contributed by atoms with E-state index < -0.39 is 0 Å². The van der Waals surface area contributed by atoms with Gasteiger partial charge < -0.3 is 0 Å². The van der Waals surface area contributed by atoms with E-state index in [0.717, 1.165) is 12.8 Å². The van der Waals surface area contributed by atoms with Crippen LogP contribution in [0.1, 0.15) is 47.2 Å². The number of fused-ring (bicyclic) bond motifs is 9. The monoisotopic (exact) mass is 670 g/mol.